The van der Waals surface area contributed by atoms with Crippen molar-refractivity contribution in [3.8, 4) is 11.8 Å². The number of rotatable bonds is 6. The summed E-state index contributed by atoms with van der Waals surface area (Å²) in [4.78, 5) is 17.1. The van der Waals surface area contributed by atoms with Gasteiger partial charge in [-0.15, -0.1) is 0 Å². The van der Waals surface area contributed by atoms with E-state index in [9.17, 15) is 4.79 Å². The molecule has 1 saturated heterocycles. The topological polar surface area (TPSA) is 56.6 Å². The second kappa shape index (κ2) is 9.72. The summed E-state index contributed by atoms with van der Waals surface area (Å²) in [5.41, 5.74) is 2.55. The predicted molar refractivity (Wildman–Crippen MR) is 109 cm³/mol. The van der Waals surface area contributed by atoms with Crippen LogP contribution in [0.5, 0.6) is 5.75 Å². The molecule has 3 rings (SSSR count). The molecule has 0 N–H and O–H groups in total. The van der Waals surface area contributed by atoms with Crippen LogP contribution in [0.4, 0.5) is 0 Å². The summed E-state index contributed by atoms with van der Waals surface area (Å²) in [7, 11) is 0. The molecule has 1 aliphatic rings. The van der Waals surface area contributed by atoms with Crippen LogP contribution in [0.2, 0.25) is 0 Å². The molecule has 0 atom stereocenters. The number of carbonyl (C=O) groups excluding carboxylic acids is 1. The van der Waals surface area contributed by atoms with Gasteiger partial charge in [-0.05, 0) is 48.4 Å². The average molecular weight is 375 g/mol. The molecule has 1 heterocycles. The van der Waals surface area contributed by atoms with Gasteiger partial charge in [0.25, 0.3) is 5.91 Å². The minimum Gasteiger partial charge on any atom is -0.490 e. The van der Waals surface area contributed by atoms with Crippen LogP contribution < -0.4 is 4.74 Å². The van der Waals surface area contributed by atoms with Crippen molar-refractivity contribution in [3.05, 3.63) is 77.9 Å². The van der Waals surface area contributed by atoms with Crippen molar-refractivity contribution >= 4 is 5.91 Å². The molecule has 1 amide bonds. The zero-order valence-corrected chi connectivity index (χ0v) is 16.0. The summed E-state index contributed by atoms with van der Waals surface area (Å²) in [5.74, 6) is 0.802. The van der Waals surface area contributed by atoms with Gasteiger partial charge in [0.15, 0.2) is 0 Å². The number of nitrogens with zero attached hydrogens (tertiary/aromatic N) is 3. The van der Waals surface area contributed by atoms with Crippen LogP contribution in [-0.2, 0) is 6.54 Å². The van der Waals surface area contributed by atoms with E-state index in [-0.39, 0.29) is 5.91 Å². The van der Waals surface area contributed by atoms with Gasteiger partial charge in [-0.2, -0.15) is 5.26 Å². The maximum atomic E-state index is 12.8. The minimum absolute atomic E-state index is 0.0653. The molecular formula is C23H25N3O2. The summed E-state index contributed by atoms with van der Waals surface area (Å²) < 4.78 is 5.47. The third kappa shape index (κ3) is 5.21. The van der Waals surface area contributed by atoms with E-state index in [1.54, 1.807) is 6.08 Å². The lowest BCUT2D eigenvalue weighted by Gasteiger charge is -2.22. The molecule has 0 aliphatic carbocycles. The molecule has 28 heavy (non-hydrogen) atoms. The van der Waals surface area contributed by atoms with Crippen molar-refractivity contribution in [2.75, 3.05) is 32.8 Å². The van der Waals surface area contributed by atoms with Crippen LogP contribution >= 0.6 is 0 Å². The Morgan fingerprint density at radius 3 is 2.50 bits per heavy atom. The third-order valence-corrected chi connectivity index (χ3v) is 4.83. The van der Waals surface area contributed by atoms with Crippen molar-refractivity contribution < 1.29 is 9.53 Å². The Labute approximate surface area is 166 Å². The van der Waals surface area contributed by atoms with Gasteiger partial charge in [-0.25, -0.2) is 0 Å². The monoisotopic (exact) mass is 375 g/mol. The van der Waals surface area contributed by atoms with E-state index < -0.39 is 0 Å². The smallest absolute Gasteiger partial charge is 0.253 e. The molecule has 2 aromatic rings. The number of benzene rings is 2. The van der Waals surface area contributed by atoms with E-state index in [2.05, 4.69) is 17.5 Å². The SMILES string of the molecule is C=CCOc1ccc(C(=O)N2CCCN(Cc3ccc(C#N)cc3)CC2)cc1. The number of hydrogen-bond donors (Lipinski definition) is 0. The van der Waals surface area contributed by atoms with Crippen LogP contribution in [-0.4, -0.2) is 48.5 Å². The Balaban J connectivity index is 1.55. The first-order valence-corrected chi connectivity index (χ1v) is 9.54. The second-order valence-corrected chi connectivity index (χ2v) is 6.85. The first-order valence-electron chi connectivity index (χ1n) is 9.54. The number of nitriles is 1. The van der Waals surface area contributed by atoms with Crippen LogP contribution in [0, 0.1) is 11.3 Å². The number of hydrogen-bond acceptors (Lipinski definition) is 4. The fraction of sp³-hybridized carbons (Fsp3) is 0.304. The fourth-order valence-corrected chi connectivity index (χ4v) is 3.31. The number of carbonyl (C=O) groups is 1. The number of amides is 1. The molecule has 1 aliphatic heterocycles. The Bertz CT molecular complexity index is 838. The van der Waals surface area contributed by atoms with Crippen LogP contribution in [0.1, 0.15) is 27.9 Å². The quantitative estimate of drug-likeness (QED) is 0.726. The standard InChI is InChI=1S/C23H25N3O2/c1-2-16-28-22-10-8-21(9-11-22)23(27)26-13-3-12-25(14-15-26)18-20-6-4-19(17-24)5-7-20/h2,4-11H,1,3,12-16,18H2. The van der Waals surface area contributed by atoms with Gasteiger partial charge in [0, 0.05) is 38.3 Å². The number of ether oxygens (including phenoxy) is 1. The molecule has 0 spiro atoms. The first-order chi connectivity index (χ1) is 13.7. The summed E-state index contributed by atoms with van der Waals surface area (Å²) in [6.45, 7) is 8.19. The van der Waals surface area contributed by atoms with Crippen LogP contribution in [0.15, 0.2) is 61.2 Å². The molecular weight excluding hydrogens is 350 g/mol. The highest BCUT2D eigenvalue weighted by Crippen LogP contribution is 2.16. The van der Waals surface area contributed by atoms with Crippen molar-refractivity contribution in [1.29, 1.82) is 5.26 Å². The molecule has 0 unspecified atom stereocenters. The lowest BCUT2D eigenvalue weighted by atomic mass is 10.1. The highest BCUT2D eigenvalue weighted by molar-refractivity contribution is 5.94. The van der Waals surface area contributed by atoms with Crippen molar-refractivity contribution in [1.82, 2.24) is 9.80 Å². The van der Waals surface area contributed by atoms with Gasteiger partial charge in [0.1, 0.15) is 12.4 Å². The van der Waals surface area contributed by atoms with Crippen LogP contribution in [0.3, 0.4) is 0 Å². The van der Waals surface area contributed by atoms with Gasteiger partial charge in [-0.1, -0.05) is 24.8 Å². The van der Waals surface area contributed by atoms with Crippen molar-refractivity contribution in [2.24, 2.45) is 0 Å². The molecule has 0 bridgehead atoms. The lowest BCUT2D eigenvalue weighted by Crippen LogP contribution is -2.35. The van der Waals surface area contributed by atoms with E-state index in [0.717, 1.165) is 38.3 Å². The fourth-order valence-electron chi connectivity index (χ4n) is 3.31. The van der Waals surface area contributed by atoms with Gasteiger partial charge in [0.2, 0.25) is 0 Å². The van der Waals surface area contributed by atoms with Crippen LogP contribution in [0.25, 0.3) is 0 Å². The van der Waals surface area contributed by atoms with E-state index in [0.29, 0.717) is 24.3 Å². The van der Waals surface area contributed by atoms with Crippen molar-refractivity contribution in [2.45, 2.75) is 13.0 Å². The largest absolute Gasteiger partial charge is 0.490 e. The van der Waals surface area contributed by atoms with E-state index in [1.165, 1.54) is 5.56 Å². The van der Waals surface area contributed by atoms with E-state index in [4.69, 9.17) is 10.00 Å². The van der Waals surface area contributed by atoms with Crippen molar-refractivity contribution in [3.63, 3.8) is 0 Å². The summed E-state index contributed by atoms with van der Waals surface area (Å²) in [6.07, 6.45) is 2.64. The molecule has 5 heteroatoms. The molecule has 144 valence electrons. The van der Waals surface area contributed by atoms with E-state index >= 15 is 0 Å². The van der Waals surface area contributed by atoms with Gasteiger partial charge >= 0.3 is 0 Å². The molecule has 0 saturated carbocycles. The maximum absolute atomic E-state index is 12.8. The van der Waals surface area contributed by atoms with E-state index in [1.807, 2.05) is 53.4 Å². The minimum atomic E-state index is 0.0653. The Morgan fingerprint density at radius 2 is 1.82 bits per heavy atom. The highest BCUT2D eigenvalue weighted by Gasteiger charge is 2.20. The molecule has 2 aromatic carbocycles. The zero-order chi connectivity index (χ0) is 19.8. The first kappa shape index (κ1) is 19.7. The lowest BCUT2D eigenvalue weighted by molar-refractivity contribution is 0.0761. The molecule has 5 nitrogen and oxygen atoms in total. The molecule has 1 fully saturated rings. The Kier molecular flexibility index (Phi) is 6.83. The summed E-state index contributed by atoms with van der Waals surface area (Å²) in [6, 6.07) is 17.1. The molecule has 0 aromatic heterocycles. The third-order valence-electron chi connectivity index (χ3n) is 4.83. The maximum Gasteiger partial charge on any atom is 0.253 e. The van der Waals surface area contributed by atoms with Gasteiger partial charge in [0.05, 0.1) is 11.6 Å². The Hall–Kier alpha value is -3.10. The second-order valence-electron chi connectivity index (χ2n) is 6.85. The normalized spacial score (nSPS) is 14.8. The summed E-state index contributed by atoms with van der Waals surface area (Å²) >= 11 is 0. The Morgan fingerprint density at radius 1 is 1.07 bits per heavy atom. The average Bonchev–Trinajstić information content (AvgIpc) is 2.98. The van der Waals surface area contributed by atoms with Gasteiger partial charge in [-0.3, -0.25) is 9.69 Å². The highest BCUT2D eigenvalue weighted by atomic mass is 16.5. The zero-order valence-electron chi connectivity index (χ0n) is 16.0. The predicted octanol–water partition coefficient (Wildman–Crippen LogP) is 3.47. The molecule has 0 radical (unpaired) electrons. The van der Waals surface area contributed by atoms with Gasteiger partial charge < -0.3 is 9.64 Å². The summed E-state index contributed by atoms with van der Waals surface area (Å²) in [5, 5.41) is 8.91.